The first kappa shape index (κ1) is 22.5. The molecule has 1 atom stereocenters. The Morgan fingerprint density at radius 2 is 1.89 bits per heavy atom. The van der Waals surface area contributed by atoms with Gasteiger partial charge in [0.1, 0.15) is 11.4 Å². The molecule has 1 aromatic carbocycles. The molecule has 0 bridgehead atoms. The van der Waals surface area contributed by atoms with Crippen molar-refractivity contribution in [3.63, 3.8) is 0 Å². The fraction of sp³-hybridized carbons (Fsp3) is 0.667. The van der Waals surface area contributed by atoms with Gasteiger partial charge < -0.3 is 15.4 Å². The average molecular weight is 400 g/mol. The van der Waals surface area contributed by atoms with Crippen LogP contribution in [0, 0.1) is 11.7 Å². The van der Waals surface area contributed by atoms with Crippen LogP contribution < -0.4 is 5.73 Å². The number of nitrogens with two attached hydrogens (primary N) is 1. The summed E-state index contributed by atoms with van der Waals surface area (Å²) in [6, 6.07) is 3.34. The van der Waals surface area contributed by atoms with E-state index in [1.807, 2.05) is 0 Å². The lowest BCUT2D eigenvalue weighted by atomic mass is 9.89. The van der Waals surface area contributed by atoms with Gasteiger partial charge in [0, 0.05) is 31.1 Å². The molecule has 2 N–H and O–H groups in total. The molecule has 0 spiro atoms. The lowest BCUT2D eigenvalue weighted by molar-refractivity contribution is -0.0261. The molecule has 4 nitrogen and oxygen atoms in total. The van der Waals surface area contributed by atoms with Gasteiger partial charge >= 0.3 is 6.09 Å². The van der Waals surface area contributed by atoms with Gasteiger partial charge in [-0.15, -0.1) is 0 Å². The van der Waals surface area contributed by atoms with Crippen molar-refractivity contribution >= 4 is 6.09 Å². The lowest BCUT2D eigenvalue weighted by Gasteiger charge is -2.34. The number of carbonyl (C=O) groups excluding carboxylic acids is 1. The lowest BCUT2D eigenvalue weighted by Crippen LogP contribution is -2.41. The zero-order chi connectivity index (χ0) is 21.1. The Morgan fingerprint density at radius 1 is 1.29 bits per heavy atom. The van der Waals surface area contributed by atoms with Crippen LogP contribution >= 0.6 is 0 Å². The third kappa shape index (κ3) is 5.87. The molecule has 1 saturated heterocycles. The molecule has 1 aromatic rings. The zero-order valence-corrected chi connectivity index (χ0v) is 17.1. The number of likely N-dealkylation sites (tertiary alicyclic amines) is 1. The molecular formula is C21H31F3N2O2. The number of halogens is 3. The molecule has 1 aliphatic rings. The molecule has 0 aromatic heterocycles. The molecule has 1 heterocycles. The van der Waals surface area contributed by atoms with Gasteiger partial charge in [-0.25, -0.2) is 18.0 Å². The summed E-state index contributed by atoms with van der Waals surface area (Å²) in [5.41, 5.74) is 4.62. The topological polar surface area (TPSA) is 55.6 Å². The standard InChI is InChI=1S/C21H31F3N2O2/c1-14(25)16-6-5-7-17(18(16)22)21(23,24)11-8-15-9-12-26(13-10-15)19(27)28-20(2,3)4/h5-7,14-15H,8-13,25H2,1-4H3/t14-/m1/s1. The smallest absolute Gasteiger partial charge is 0.410 e. The molecule has 2 rings (SSSR count). The maximum atomic E-state index is 14.6. The Bertz CT molecular complexity index is 679. The fourth-order valence-corrected chi connectivity index (χ4v) is 3.43. The highest BCUT2D eigenvalue weighted by atomic mass is 19.3. The quantitative estimate of drug-likeness (QED) is 0.723. The maximum Gasteiger partial charge on any atom is 0.410 e. The van der Waals surface area contributed by atoms with E-state index in [0.29, 0.717) is 25.9 Å². The van der Waals surface area contributed by atoms with E-state index >= 15 is 0 Å². The number of hydrogen-bond acceptors (Lipinski definition) is 3. The molecular weight excluding hydrogens is 369 g/mol. The average Bonchev–Trinajstić information content (AvgIpc) is 2.58. The van der Waals surface area contributed by atoms with E-state index in [1.165, 1.54) is 12.1 Å². The van der Waals surface area contributed by atoms with Crippen molar-refractivity contribution < 1.29 is 22.7 Å². The Hall–Kier alpha value is -1.76. The van der Waals surface area contributed by atoms with Gasteiger partial charge in [-0.05, 0) is 52.9 Å². The van der Waals surface area contributed by atoms with E-state index in [4.69, 9.17) is 10.5 Å². The number of carbonyl (C=O) groups is 1. The predicted molar refractivity (Wildman–Crippen MR) is 103 cm³/mol. The number of hydrogen-bond donors (Lipinski definition) is 1. The van der Waals surface area contributed by atoms with E-state index in [1.54, 1.807) is 32.6 Å². The molecule has 0 radical (unpaired) electrons. The van der Waals surface area contributed by atoms with E-state index in [9.17, 15) is 18.0 Å². The Labute approximate surface area is 165 Å². The number of ether oxygens (including phenoxy) is 1. The number of benzene rings is 1. The van der Waals surface area contributed by atoms with Gasteiger partial charge in [-0.2, -0.15) is 0 Å². The molecule has 0 unspecified atom stereocenters. The first-order chi connectivity index (χ1) is 12.9. The summed E-state index contributed by atoms with van der Waals surface area (Å²) in [7, 11) is 0. The van der Waals surface area contributed by atoms with Crippen molar-refractivity contribution in [3.05, 3.63) is 35.1 Å². The van der Waals surface area contributed by atoms with Gasteiger partial charge in [-0.3, -0.25) is 0 Å². The van der Waals surface area contributed by atoms with Crippen molar-refractivity contribution in [2.45, 2.75) is 70.9 Å². The summed E-state index contributed by atoms with van der Waals surface area (Å²) >= 11 is 0. The summed E-state index contributed by atoms with van der Waals surface area (Å²) in [5, 5.41) is 0. The van der Waals surface area contributed by atoms with Gasteiger partial charge in [0.15, 0.2) is 0 Å². The number of piperidine rings is 1. The Kier molecular flexibility index (Phi) is 7.02. The van der Waals surface area contributed by atoms with Crippen LogP contribution in [0.4, 0.5) is 18.0 Å². The van der Waals surface area contributed by atoms with Crippen LogP contribution in [0.15, 0.2) is 18.2 Å². The van der Waals surface area contributed by atoms with Gasteiger partial charge in [0.05, 0.1) is 5.56 Å². The normalized spacial score (nSPS) is 17.5. The monoisotopic (exact) mass is 400 g/mol. The second kappa shape index (κ2) is 8.72. The van der Waals surface area contributed by atoms with Crippen molar-refractivity contribution in [2.75, 3.05) is 13.1 Å². The first-order valence-electron chi connectivity index (χ1n) is 9.81. The third-order valence-electron chi connectivity index (χ3n) is 5.05. The van der Waals surface area contributed by atoms with Gasteiger partial charge in [0.25, 0.3) is 5.92 Å². The molecule has 28 heavy (non-hydrogen) atoms. The number of alkyl halides is 2. The van der Waals surface area contributed by atoms with E-state index < -0.39 is 35.4 Å². The second-order valence-electron chi connectivity index (χ2n) is 8.65. The summed E-state index contributed by atoms with van der Waals surface area (Å²) < 4.78 is 49.1. The molecule has 158 valence electrons. The second-order valence-corrected chi connectivity index (χ2v) is 8.65. The maximum absolute atomic E-state index is 14.6. The van der Waals surface area contributed by atoms with Crippen LogP contribution in [0.25, 0.3) is 0 Å². The van der Waals surface area contributed by atoms with E-state index in [0.717, 1.165) is 6.07 Å². The molecule has 0 saturated carbocycles. The summed E-state index contributed by atoms with van der Waals surface area (Å²) in [5.74, 6) is -4.09. The van der Waals surface area contributed by atoms with Gasteiger partial charge in [0.2, 0.25) is 0 Å². The summed E-state index contributed by atoms with van der Waals surface area (Å²) in [6.45, 7) is 7.95. The first-order valence-corrected chi connectivity index (χ1v) is 9.81. The highest BCUT2D eigenvalue weighted by molar-refractivity contribution is 5.68. The fourth-order valence-electron chi connectivity index (χ4n) is 3.43. The number of amides is 1. The van der Waals surface area contributed by atoms with Crippen LogP contribution in [0.2, 0.25) is 0 Å². The minimum atomic E-state index is -3.25. The molecule has 0 aliphatic carbocycles. The van der Waals surface area contributed by atoms with Crippen LogP contribution in [0.5, 0.6) is 0 Å². The molecule has 7 heteroatoms. The highest BCUT2D eigenvalue weighted by Gasteiger charge is 2.36. The van der Waals surface area contributed by atoms with Crippen LogP contribution in [-0.2, 0) is 10.7 Å². The number of rotatable bonds is 5. The van der Waals surface area contributed by atoms with E-state index in [-0.39, 0.29) is 24.0 Å². The SMILES string of the molecule is C[C@@H](N)c1cccc(C(F)(F)CCC2CCN(C(=O)OC(C)(C)C)CC2)c1F. The summed E-state index contributed by atoms with van der Waals surface area (Å²) in [6.07, 6.45) is 0.751. The Balaban J connectivity index is 1.91. The molecule has 1 aliphatic heterocycles. The van der Waals surface area contributed by atoms with Gasteiger partial charge in [-0.1, -0.05) is 18.2 Å². The van der Waals surface area contributed by atoms with Crippen molar-refractivity contribution in [1.29, 1.82) is 0 Å². The van der Waals surface area contributed by atoms with Crippen LogP contribution in [0.3, 0.4) is 0 Å². The highest BCUT2D eigenvalue weighted by Crippen LogP contribution is 2.38. The number of nitrogens with zero attached hydrogens (tertiary/aromatic N) is 1. The molecule has 1 amide bonds. The predicted octanol–water partition coefficient (Wildman–Crippen LogP) is 5.36. The minimum Gasteiger partial charge on any atom is -0.444 e. The van der Waals surface area contributed by atoms with Crippen molar-refractivity contribution in [2.24, 2.45) is 11.7 Å². The Morgan fingerprint density at radius 3 is 2.43 bits per heavy atom. The van der Waals surface area contributed by atoms with E-state index in [2.05, 4.69) is 0 Å². The van der Waals surface area contributed by atoms with Crippen LogP contribution in [0.1, 0.15) is 70.5 Å². The zero-order valence-electron chi connectivity index (χ0n) is 17.1. The summed E-state index contributed by atoms with van der Waals surface area (Å²) in [4.78, 5) is 13.7. The largest absolute Gasteiger partial charge is 0.444 e. The molecule has 1 fully saturated rings. The minimum absolute atomic E-state index is 0.0734. The van der Waals surface area contributed by atoms with Crippen LogP contribution in [-0.4, -0.2) is 29.7 Å². The third-order valence-corrected chi connectivity index (χ3v) is 5.05. The van der Waals surface area contributed by atoms with Crippen molar-refractivity contribution in [3.8, 4) is 0 Å². The van der Waals surface area contributed by atoms with Crippen molar-refractivity contribution in [1.82, 2.24) is 4.90 Å².